The molecule has 3 N–H and O–H groups in total. The van der Waals surface area contributed by atoms with E-state index in [0.717, 1.165) is 12.8 Å². The Morgan fingerprint density at radius 1 is 0.944 bits per heavy atom. The molecule has 0 radical (unpaired) electrons. The minimum Gasteiger partial charge on any atom is -0.508 e. The van der Waals surface area contributed by atoms with Crippen LogP contribution in [-0.2, 0) is 4.79 Å². The van der Waals surface area contributed by atoms with Crippen molar-refractivity contribution in [3.05, 3.63) is 24.3 Å². The van der Waals surface area contributed by atoms with Gasteiger partial charge in [-0.3, -0.25) is 4.79 Å². The smallest absolute Gasteiger partial charge is 0.303 e. The molecule has 0 aliphatic rings. The highest BCUT2D eigenvalue weighted by Crippen LogP contribution is 2.13. The van der Waals surface area contributed by atoms with E-state index in [-0.39, 0.29) is 11.5 Å². The summed E-state index contributed by atoms with van der Waals surface area (Å²) in [6.07, 6.45) is 5.88. The average Bonchev–Trinajstić information content (AvgIpc) is 2.33. The Morgan fingerprint density at radius 2 is 1.39 bits per heavy atom. The number of hydrogen-bond donors (Lipinski definition) is 3. The molecular weight excluding hydrogens is 232 g/mol. The summed E-state index contributed by atoms with van der Waals surface area (Å²) in [6.45, 7) is 2.15. The molecular formula is C14H22O4. The summed E-state index contributed by atoms with van der Waals surface area (Å²) >= 11 is 0. The molecule has 0 unspecified atom stereocenters. The van der Waals surface area contributed by atoms with Crippen LogP contribution in [0.2, 0.25) is 0 Å². The monoisotopic (exact) mass is 254 g/mol. The molecule has 102 valence electrons. The maximum atomic E-state index is 10.0. The topological polar surface area (TPSA) is 77.8 Å². The van der Waals surface area contributed by atoms with Crippen LogP contribution in [-0.4, -0.2) is 21.3 Å². The Morgan fingerprint density at radius 3 is 1.78 bits per heavy atom. The Hall–Kier alpha value is -1.71. The van der Waals surface area contributed by atoms with Crippen molar-refractivity contribution in [1.29, 1.82) is 0 Å². The summed E-state index contributed by atoms with van der Waals surface area (Å²) in [4.78, 5) is 10.0. The van der Waals surface area contributed by atoms with Crippen molar-refractivity contribution in [3.8, 4) is 11.5 Å². The molecule has 0 spiro atoms. The van der Waals surface area contributed by atoms with Crippen molar-refractivity contribution >= 4 is 5.97 Å². The molecule has 0 heterocycles. The fourth-order valence-corrected chi connectivity index (χ4v) is 1.33. The van der Waals surface area contributed by atoms with Gasteiger partial charge >= 0.3 is 5.97 Å². The molecule has 1 aromatic carbocycles. The number of aromatic hydroxyl groups is 2. The van der Waals surface area contributed by atoms with E-state index in [1.165, 1.54) is 43.5 Å². The summed E-state index contributed by atoms with van der Waals surface area (Å²) in [5.74, 6) is -0.331. The number of hydrogen-bond acceptors (Lipinski definition) is 3. The summed E-state index contributed by atoms with van der Waals surface area (Å²) in [7, 11) is 0. The summed E-state index contributed by atoms with van der Waals surface area (Å²) in [6, 6.07) is 5.70. The molecule has 18 heavy (non-hydrogen) atoms. The Kier molecular flexibility index (Phi) is 9.45. The number of phenols is 2. The lowest BCUT2D eigenvalue weighted by atomic mass is 10.1. The number of carboxylic acid groups (broad SMARTS) is 1. The Labute approximate surface area is 108 Å². The maximum Gasteiger partial charge on any atom is 0.303 e. The molecule has 0 aliphatic heterocycles. The van der Waals surface area contributed by atoms with Crippen molar-refractivity contribution in [3.63, 3.8) is 0 Å². The van der Waals surface area contributed by atoms with Crippen molar-refractivity contribution in [1.82, 2.24) is 0 Å². The highest BCUT2D eigenvalue weighted by molar-refractivity contribution is 5.66. The lowest BCUT2D eigenvalue weighted by Gasteiger charge is -1.95. The number of benzene rings is 1. The van der Waals surface area contributed by atoms with Crippen LogP contribution in [0, 0.1) is 0 Å². The van der Waals surface area contributed by atoms with Crippen molar-refractivity contribution in [2.75, 3.05) is 0 Å². The van der Waals surface area contributed by atoms with Gasteiger partial charge < -0.3 is 15.3 Å². The molecule has 1 rings (SSSR count). The van der Waals surface area contributed by atoms with Gasteiger partial charge in [-0.05, 0) is 30.7 Å². The molecule has 0 atom stereocenters. The van der Waals surface area contributed by atoms with Gasteiger partial charge in [-0.25, -0.2) is 0 Å². The predicted molar refractivity (Wildman–Crippen MR) is 70.8 cm³/mol. The van der Waals surface area contributed by atoms with Gasteiger partial charge in [0.1, 0.15) is 11.5 Å². The molecule has 0 saturated heterocycles. The van der Waals surface area contributed by atoms with E-state index in [9.17, 15) is 4.79 Å². The first-order chi connectivity index (χ1) is 8.56. The van der Waals surface area contributed by atoms with E-state index in [0.29, 0.717) is 6.42 Å². The van der Waals surface area contributed by atoms with Crippen LogP contribution < -0.4 is 0 Å². The first kappa shape index (κ1) is 16.3. The van der Waals surface area contributed by atoms with Crippen molar-refractivity contribution < 1.29 is 20.1 Å². The zero-order chi connectivity index (χ0) is 13.8. The van der Waals surface area contributed by atoms with E-state index in [4.69, 9.17) is 15.3 Å². The van der Waals surface area contributed by atoms with Crippen LogP contribution >= 0.6 is 0 Å². The van der Waals surface area contributed by atoms with E-state index in [1.54, 1.807) is 0 Å². The first-order valence-corrected chi connectivity index (χ1v) is 6.26. The van der Waals surface area contributed by atoms with Gasteiger partial charge in [0, 0.05) is 6.42 Å². The van der Waals surface area contributed by atoms with Crippen LogP contribution in [0.5, 0.6) is 11.5 Å². The second kappa shape index (κ2) is 10.4. The number of phenolic OH excluding ortho intramolecular Hbond substituents is 2. The molecule has 0 saturated carbocycles. The zero-order valence-electron chi connectivity index (χ0n) is 10.8. The fraction of sp³-hybridized carbons (Fsp3) is 0.500. The van der Waals surface area contributed by atoms with E-state index in [1.807, 2.05) is 0 Å². The third-order valence-electron chi connectivity index (χ3n) is 2.34. The molecule has 4 heteroatoms. The third-order valence-corrected chi connectivity index (χ3v) is 2.34. The molecule has 4 nitrogen and oxygen atoms in total. The first-order valence-electron chi connectivity index (χ1n) is 6.26. The highest BCUT2D eigenvalue weighted by atomic mass is 16.4. The second-order valence-electron chi connectivity index (χ2n) is 4.07. The van der Waals surface area contributed by atoms with Crippen molar-refractivity contribution in [2.45, 2.75) is 45.4 Å². The molecule has 0 bridgehead atoms. The largest absolute Gasteiger partial charge is 0.508 e. The third kappa shape index (κ3) is 10.8. The van der Waals surface area contributed by atoms with Gasteiger partial charge in [0.05, 0.1) is 0 Å². The average molecular weight is 254 g/mol. The molecule has 0 aromatic heterocycles. The summed E-state index contributed by atoms with van der Waals surface area (Å²) < 4.78 is 0. The number of rotatable bonds is 6. The SMILES string of the molecule is CCCCCCCC(=O)O.Oc1ccc(O)cc1. The summed E-state index contributed by atoms with van der Waals surface area (Å²) in [5.41, 5.74) is 0. The molecule has 0 aliphatic carbocycles. The minimum absolute atomic E-state index is 0.169. The Bertz CT molecular complexity index is 298. The number of carboxylic acids is 1. The van der Waals surface area contributed by atoms with E-state index in [2.05, 4.69) is 6.92 Å². The lowest BCUT2D eigenvalue weighted by Crippen LogP contribution is -1.93. The number of aliphatic carboxylic acids is 1. The van der Waals surface area contributed by atoms with Crippen LogP contribution in [0.1, 0.15) is 45.4 Å². The van der Waals surface area contributed by atoms with E-state index < -0.39 is 5.97 Å². The van der Waals surface area contributed by atoms with Gasteiger partial charge in [-0.15, -0.1) is 0 Å². The highest BCUT2D eigenvalue weighted by Gasteiger charge is 1.94. The molecule has 0 fully saturated rings. The van der Waals surface area contributed by atoms with Crippen LogP contribution in [0.25, 0.3) is 0 Å². The maximum absolute atomic E-state index is 10.0. The van der Waals surface area contributed by atoms with Crippen LogP contribution in [0.15, 0.2) is 24.3 Å². The van der Waals surface area contributed by atoms with E-state index >= 15 is 0 Å². The number of unbranched alkanes of at least 4 members (excludes halogenated alkanes) is 4. The van der Waals surface area contributed by atoms with Crippen molar-refractivity contribution in [2.24, 2.45) is 0 Å². The quantitative estimate of drug-likeness (QED) is 0.536. The predicted octanol–water partition coefficient (Wildman–Crippen LogP) is 3.53. The normalized spacial score (nSPS) is 9.39. The van der Waals surface area contributed by atoms with Gasteiger partial charge in [0.15, 0.2) is 0 Å². The van der Waals surface area contributed by atoms with Gasteiger partial charge in [0.25, 0.3) is 0 Å². The summed E-state index contributed by atoms with van der Waals surface area (Å²) in [5, 5.41) is 25.6. The number of carbonyl (C=O) groups is 1. The van der Waals surface area contributed by atoms with Gasteiger partial charge in [0.2, 0.25) is 0 Å². The fourth-order valence-electron chi connectivity index (χ4n) is 1.33. The van der Waals surface area contributed by atoms with Crippen LogP contribution in [0.3, 0.4) is 0 Å². The standard InChI is InChI=1S/C8H16O2.C6H6O2/c1-2-3-4-5-6-7-8(9)10;7-5-1-2-6(8)4-3-5/h2-7H2,1H3,(H,9,10);1-4,7-8H. The Balaban J connectivity index is 0.000000327. The zero-order valence-corrected chi connectivity index (χ0v) is 10.8. The minimum atomic E-state index is -0.670. The van der Waals surface area contributed by atoms with Gasteiger partial charge in [-0.2, -0.15) is 0 Å². The lowest BCUT2D eigenvalue weighted by molar-refractivity contribution is -0.137. The second-order valence-corrected chi connectivity index (χ2v) is 4.07. The molecule has 1 aromatic rings. The van der Waals surface area contributed by atoms with Crippen LogP contribution in [0.4, 0.5) is 0 Å². The molecule has 0 amide bonds. The van der Waals surface area contributed by atoms with Gasteiger partial charge in [-0.1, -0.05) is 32.6 Å².